The maximum Gasteiger partial charge on any atom is 0.406 e. The SMILES string of the molecule is CN(CC(F)(F)F)c1n[nH]c(=S)n1-c1ccccc1. The Bertz CT molecular complexity index is 602. The zero-order valence-corrected chi connectivity index (χ0v) is 10.8. The Morgan fingerprint density at radius 3 is 2.53 bits per heavy atom. The van der Waals surface area contributed by atoms with Gasteiger partial charge in [0.1, 0.15) is 6.54 Å². The number of hydrogen-bond donors (Lipinski definition) is 1. The largest absolute Gasteiger partial charge is 0.406 e. The number of halogens is 3. The van der Waals surface area contributed by atoms with Crippen LogP contribution in [0.4, 0.5) is 19.1 Å². The lowest BCUT2D eigenvalue weighted by atomic mass is 10.3. The lowest BCUT2D eigenvalue weighted by molar-refractivity contribution is -0.119. The van der Waals surface area contributed by atoms with E-state index in [2.05, 4.69) is 10.2 Å². The second-order valence-corrected chi connectivity index (χ2v) is 4.36. The van der Waals surface area contributed by atoms with Crippen LogP contribution < -0.4 is 4.90 Å². The summed E-state index contributed by atoms with van der Waals surface area (Å²) in [7, 11) is 1.32. The van der Waals surface area contributed by atoms with Crippen molar-refractivity contribution in [3.05, 3.63) is 35.1 Å². The standard InChI is InChI=1S/C11H11F3N4S/c1-17(7-11(12,13)14)9-15-16-10(19)18(9)8-5-3-2-4-6-8/h2-6H,7H2,1H3,(H,16,19). The molecular weight excluding hydrogens is 277 g/mol. The van der Waals surface area contributed by atoms with E-state index in [0.717, 1.165) is 4.90 Å². The molecule has 0 atom stereocenters. The molecule has 102 valence electrons. The molecule has 1 N–H and O–H groups in total. The molecule has 0 spiro atoms. The number of aromatic amines is 1. The van der Waals surface area contributed by atoms with Gasteiger partial charge in [-0.2, -0.15) is 13.2 Å². The number of nitrogens with zero attached hydrogens (tertiary/aromatic N) is 3. The summed E-state index contributed by atoms with van der Waals surface area (Å²) < 4.78 is 39.0. The van der Waals surface area contributed by atoms with Crippen LogP contribution in [0.5, 0.6) is 0 Å². The maximum absolute atomic E-state index is 12.4. The van der Waals surface area contributed by atoms with Crippen molar-refractivity contribution in [1.82, 2.24) is 14.8 Å². The van der Waals surface area contributed by atoms with Gasteiger partial charge in [0.25, 0.3) is 0 Å². The van der Waals surface area contributed by atoms with E-state index in [1.54, 1.807) is 24.3 Å². The molecule has 4 nitrogen and oxygen atoms in total. The fourth-order valence-corrected chi connectivity index (χ4v) is 1.93. The summed E-state index contributed by atoms with van der Waals surface area (Å²) in [6.07, 6.45) is -4.30. The van der Waals surface area contributed by atoms with Crippen LogP contribution in [0.3, 0.4) is 0 Å². The van der Waals surface area contributed by atoms with Crippen LogP contribution in [0, 0.1) is 4.77 Å². The van der Waals surface area contributed by atoms with Crippen LogP contribution >= 0.6 is 12.2 Å². The van der Waals surface area contributed by atoms with Crippen LogP contribution in [-0.2, 0) is 0 Å². The fraction of sp³-hybridized carbons (Fsp3) is 0.273. The topological polar surface area (TPSA) is 36.9 Å². The number of nitrogens with one attached hydrogen (secondary N) is 1. The van der Waals surface area contributed by atoms with Crippen molar-refractivity contribution in [2.24, 2.45) is 0 Å². The molecular formula is C11H11F3N4S. The molecule has 2 rings (SSSR count). The van der Waals surface area contributed by atoms with Crippen LogP contribution in [0.25, 0.3) is 5.69 Å². The number of H-pyrrole nitrogens is 1. The van der Waals surface area contributed by atoms with Gasteiger partial charge < -0.3 is 4.90 Å². The highest BCUT2D eigenvalue weighted by atomic mass is 32.1. The highest BCUT2D eigenvalue weighted by molar-refractivity contribution is 7.71. The molecule has 19 heavy (non-hydrogen) atoms. The van der Waals surface area contributed by atoms with Gasteiger partial charge in [0.2, 0.25) is 10.7 Å². The van der Waals surface area contributed by atoms with Gasteiger partial charge in [-0.1, -0.05) is 18.2 Å². The third-order valence-corrected chi connectivity index (χ3v) is 2.70. The van der Waals surface area contributed by atoms with E-state index < -0.39 is 12.7 Å². The van der Waals surface area contributed by atoms with Crippen molar-refractivity contribution in [3.63, 3.8) is 0 Å². The minimum Gasteiger partial charge on any atom is -0.335 e. The Kier molecular flexibility index (Phi) is 3.61. The zero-order valence-electron chi connectivity index (χ0n) is 9.98. The van der Waals surface area contributed by atoms with Crippen LogP contribution in [0.2, 0.25) is 0 Å². The summed E-state index contributed by atoms with van der Waals surface area (Å²) in [6.45, 7) is -1.10. The lowest BCUT2D eigenvalue weighted by Crippen LogP contribution is -2.32. The molecule has 1 heterocycles. The Labute approximate surface area is 112 Å². The van der Waals surface area contributed by atoms with Crippen molar-refractivity contribution >= 4 is 18.2 Å². The Balaban J connectivity index is 2.41. The molecule has 0 amide bonds. The lowest BCUT2D eigenvalue weighted by Gasteiger charge is -2.20. The number of rotatable bonds is 3. The normalized spacial score (nSPS) is 11.6. The van der Waals surface area contributed by atoms with Crippen LogP contribution in [-0.4, -0.2) is 34.5 Å². The Hall–Kier alpha value is -1.83. The average molecular weight is 288 g/mol. The molecule has 8 heteroatoms. The number of alkyl halides is 3. The molecule has 0 aliphatic heterocycles. The highest BCUT2D eigenvalue weighted by Crippen LogP contribution is 2.22. The Morgan fingerprint density at radius 2 is 1.95 bits per heavy atom. The summed E-state index contributed by atoms with van der Waals surface area (Å²) >= 11 is 5.05. The predicted molar refractivity (Wildman–Crippen MR) is 68.1 cm³/mol. The first-order chi connectivity index (χ1) is 8.88. The van der Waals surface area contributed by atoms with Crippen molar-refractivity contribution in [2.75, 3.05) is 18.5 Å². The van der Waals surface area contributed by atoms with Crippen molar-refractivity contribution < 1.29 is 13.2 Å². The van der Waals surface area contributed by atoms with E-state index in [1.165, 1.54) is 11.6 Å². The number of para-hydroxylation sites is 1. The summed E-state index contributed by atoms with van der Waals surface area (Å²) in [5.74, 6) is 0.119. The molecule has 1 aromatic heterocycles. The fourth-order valence-electron chi connectivity index (χ4n) is 1.69. The third-order valence-electron chi connectivity index (χ3n) is 2.43. The maximum atomic E-state index is 12.4. The molecule has 2 aromatic rings. The summed E-state index contributed by atoms with van der Waals surface area (Å²) in [5.41, 5.74) is 0.658. The van der Waals surface area contributed by atoms with Gasteiger partial charge in [-0.15, -0.1) is 5.10 Å². The van der Waals surface area contributed by atoms with E-state index >= 15 is 0 Å². The molecule has 0 fully saturated rings. The van der Waals surface area contributed by atoms with E-state index in [4.69, 9.17) is 12.2 Å². The Morgan fingerprint density at radius 1 is 1.32 bits per heavy atom. The third kappa shape index (κ3) is 3.14. The van der Waals surface area contributed by atoms with Gasteiger partial charge in [-0.05, 0) is 24.4 Å². The molecule has 0 unspecified atom stereocenters. The molecule has 1 aromatic carbocycles. The van der Waals surface area contributed by atoms with Gasteiger partial charge in [-0.3, -0.25) is 4.57 Å². The molecule has 0 radical (unpaired) electrons. The summed E-state index contributed by atoms with van der Waals surface area (Å²) in [4.78, 5) is 0.999. The van der Waals surface area contributed by atoms with E-state index in [0.29, 0.717) is 5.69 Å². The summed E-state index contributed by atoms with van der Waals surface area (Å²) in [5, 5.41) is 6.36. The van der Waals surface area contributed by atoms with E-state index in [1.807, 2.05) is 6.07 Å². The van der Waals surface area contributed by atoms with E-state index in [-0.39, 0.29) is 10.7 Å². The molecule has 0 bridgehead atoms. The zero-order chi connectivity index (χ0) is 14.0. The second-order valence-electron chi connectivity index (χ2n) is 3.97. The van der Waals surface area contributed by atoms with Crippen molar-refractivity contribution in [3.8, 4) is 5.69 Å². The molecule has 0 saturated carbocycles. The van der Waals surface area contributed by atoms with Gasteiger partial charge in [0.15, 0.2) is 0 Å². The number of anilines is 1. The quantitative estimate of drug-likeness (QED) is 0.882. The van der Waals surface area contributed by atoms with Gasteiger partial charge >= 0.3 is 6.18 Å². The van der Waals surface area contributed by atoms with Gasteiger partial charge in [-0.25, -0.2) is 5.10 Å². The van der Waals surface area contributed by atoms with E-state index in [9.17, 15) is 13.2 Å². The van der Waals surface area contributed by atoms with Crippen LogP contribution in [0.1, 0.15) is 0 Å². The van der Waals surface area contributed by atoms with Crippen molar-refractivity contribution in [2.45, 2.75) is 6.18 Å². The monoisotopic (exact) mass is 288 g/mol. The van der Waals surface area contributed by atoms with Gasteiger partial charge in [0, 0.05) is 7.05 Å². The second kappa shape index (κ2) is 5.04. The minimum absolute atomic E-state index is 0.119. The predicted octanol–water partition coefficient (Wildman–Crippen LogP) is 2.93. The first-order valence-corrected chi connectivity index (χ1v) is 5.80. The average Bonchev–Trinajstić information content (AvgIpc) is 2.70. The van der Waals surface area contributed by atoms with Crippen LogP contribution in [0.15, 0.2) is 30.3 Å². The number of aromatic nitrogens is 3. The molecule has 0 aliphatic carbocycles. The number of benzene rings is 1. The first-order valence-electron chi connectivity index (χ1n) is 5.39. The highest BCUT2D eigenvalue weighted by Gasteiger charge is 2.31. The van der Waals surface area contributed by atoms with Crippen molar-refractivity contribution in [1.29, 1.82) is 0 Å². The molecule has 0 aliphatic rings. The first kappa shape index (κ1) is 13.6. The summed E-state index contributed by atoms with van der Waals surface area (Å²) in [6, 6.07) is 8.86. The molecule has 0 saturated heterocycles. The smallest absolute Gasteiger partial charge is 0.335 e. The minimum atomic E-state index is -4.30. The number of hydrogen-bond acceptors (Lipinski definition) is 3. The van der Waals surface area contributed by atoms with Gasteiger partial charge in [0.05, 0.1) is 5.69 Å².